The number of carbonyl (C=O) groups is 1. The van der Waals surface area contributed by atoms with Crippen molar-refractivity contribution in [1.82, 2.24) is 9.88 Å². The van der Waals surface area contributed by atoms with Gasteiger partial charge in [0.2, 0.25) is 0 Å². The Bertz CT molecular complexity index is 792. The van der Waals surface area contributed by atoms with Crippen LogP contribution in [0.5, 0.6) is 0 Å². The molecule has 1 aromatic heterocycles. The first-order valence-electron chi connectivity index (χ1n) is 9.89. The number of anilines is 1. The molecule has 0 unspecified atom stereocenters. The maximum atomic E-state index is 13.5. The molecular weight excluding hydrogens is 322 g/mol. The number of piperidine rings is 1. The lowest BCUT2D eigenvalue weighted by Crippen LogP contribution is -2.53. The van der Waals surface area contributed by atoms with Gasteiger partial charge in [0, 0.05) is 36.7 Å². The standard InChI is InChI=1S/C22H25N3O/c26-22(24-13-3-5-17-4-1-2-6-21(17)24)25-19-7-8-20(25)15-18(14-19)16-9-11-23-12-10-16/h1-2,4,6,9-12,18-20H,3,5,7-8,13-15H2/t19-,20-/m0/s1. The van der Waals surface area contributed by atoms with Gasteiger partial charge in [0.05, 0.1) is 0 Å². The third-order valence-corrected chi connectivity index (χ3v) is 6.47. The number of hydrogen-bond acceptors (Lipinski definition) is 2. The number of pyridine rings is 1. The van der Waals surface area contributed by atoms with Gasteiger partial charge in [-0.1, -0.05) is 18.2 Å². The third kappa shape index (κ3) is 2.59. The Balaban J connectivity index is 1.38. The van der Waals surface area contributed by atoms with E-state index in [0.29, 0.717) is 18.0 Å². The van der Waals surface area contributed by atoms with Gasteiger partial charge in [-0.15, -0.1) is 0 Å². The summed E-state index contributed by atoms with van der Waals surface area (Å²) in [5, 5.41) is 0. The number of amides is 2. The number of nitrogens with zero attached hydrogens (tertiary/aromatic N) is 3. The normalized spacial score (nSPS) is 27.3. The molecule has 0 saturated carbocycles. The average Bonchev–Trinajstić information content (AvgIpc) is 2.97. The largest absolute Gasteiger partial charge is 0.324 e. The fourth-order valence-corrected chi connectivity index (χ4v) is 5.27. The second-order valence-electron chi connectivity index (χ2n) is 7.91. The Morgan fingerprint density at radius 1 is 1.00 bits per heavy atom. The number of hydrogen-bond donors (Lipinski definition) is 0. The van der Waals surface area contributed by atoms with E-state index >= 15 is 0 Å². The van der Waals surface area contributed by atoms with Crippen LogP contribution in [-0.2, 0) is 6.42 Å². The van der Waals surface area contributed by atoms with E-state index in [2.05, 4.69) is 46.3 Å². The lowest BCUT2D eigenvalue weighted by Gasteiger charge is -2.42. The Labute approximate surface area is 154 Å². The monoisotopic (exact) mass is 347 g/mol. The predicted octanol–water partition coefficient (Wildman–Crippen LogP) is 4.36. The van der Waals surface area contributed by atoms with Gasteiger partial charge in [-0.3, -0.25) is 9.88 Å². The molecule has 26 heavy (non-hydrogen) atoms. The number of benzene rings is 1. The van der Waals surface area contributed by atoms with Crippen LogP contribution in [0, 0.1) is 0 Å². The van der Waals surface area contributed by atoms with E-state index in [-0.39, 0.29) is 6.03 Å². The molecule has 4 nitrogen and oxygen atoms in total. The molecule has 3 aliphatic rings. The van der Waals surface area contributed by atoms with Crippen LogP contribution in [0.3, 0.4) is 0 Å². The first-order valence-corrected chi connectivity index (χ1v) is 9.89. The van der Waals surface area contributed by atoms with Gasteiger partial charge >= 0.3 is 6.03 Å². The van der Waals surface area contributed by atoms with E-state index in [1.54, 1.807) is 0 Å². The summed E-state index contributed by atoms with van der Waals surface area (Å²) in [7, 11) is 0. The summed E-state index contributed by atoms with van der Waals surface area (Å²) in [4.78, 5) is 21.9. The molecule has 2 fully saturated rings. The minimum atomic E-state index is 0.234. The second-order valence-corrected chi connectivity index (χ2v) is 7.91. The van der Waals surface area contributed by atoms with Crippen LogP contribution >= 0.6 is 0 Å². The molecule has 0 radical (unpaired) electrons. The third-order valence-electron chi connectivity index (χ3n) is 6.47. The molecule has 2 atom stereocenters. The molecular formula is C22H25N3O. The predicted molar refractivity (Wildman–Crippen MR) is 102 cm³/mol. The topological polar surface area (TPSA) is 36.4 Å². The maximum absolute atomic E-state index is 13.5. The number of urea groups is 1. The van der Waals surface area contributed by atoms with E-state index in [1.165, 1.54) is 11.1 Å². The van der Waals surface area contributed by atoms with Crippen molar-refractivity contribution < 1.29 is 4.79 Å². The maximum Gasteiger partial charge on any atom is 0.324 e. The summed E-state index contributed by atoms with van der Waals surface area (Å²) in [5.41, 5.74) is 3.82. The molecule has 0 N–H and O–H groups in total. The second kappa shape index (κ2) is 6.42. The van der Waals surface area contributed by atoms with Crippen molar-refractivity contribution in [2.75, 3.05) is 11.4 Å². The van der Waals surface area contributed by atoms with Crippen molar-refractivity contribution in [2.24, 2.45) is 0 Å². The zero-order chi connectivity index (χ0) is 17.5. The van der Waals surface area contributed by atoms with Crippen molar-refractivity contribution in [3.63, 3.8) is 0 Å². The summed E-state index contributed by atoms with van der Waals surface area (Å²) in [6.07, 6.45) is 10.4. The molecule has 3 aliphatic heterocycles. The summed E-state index contributed by atoms with van der Waals surface area (Å²) < 4.78 is 0. The van der Waals surface area contributed by atoms with Crippen LogP contribution in [-0.4, -0.2) is 34.5 Å². The van der Waals surface area contributed by atoms with Gasteiger partial charge in [0.25, 0.3) is 0 Å². The highest BCUT2D eigenvalue weighted by Gasteiger charge is 2.45. The van der Waals surface area contributed by atoms with Crippen LogP contribution < -0.4 is 4.90 Å². The molecule has 1 aromatic carbocycles. The quantitative estimate of drug-likeness (QED) is 0.768. The Hall–Kier alpha value is -2.36. The Morgan fingerprint density at radius 2 is 1.73 bits per heavy atom. The Kier molecular flexibility index (Phi) is 3.92. The van der Waals surface area contributed by atoms with Crippen molar-refractivity contribution in [1.29, 1.82) is 0 Å². The highest BCUT2D eigenvalue weighted by atomic mass is 16.2. The Morgan fingerprint density at radius 3 is 2.50 bits per heavy atom. The molecule has 5 rings (SSSR count). The fourth-order valence-electron chi connectivity index (χ4n) is 5.27. The van der Waals surface area contributed by atoms with Gasteiger partial charge in [0.15, 0.2) is 0 Å². The minimum Gasteiger partial charge on any atom is -0.318 e. The van der Waals surface area contributed by atoms with Gasteiger partial charge in [0.1, 0.15) is 0 Å². The average molecular weight is 347 g/mol. The number of rotatable bonds is 1. The first kappa shape index (κ1) is 15.9. The van der Waals surface area contributed by atoms with E-state index in [1.807, 2.05) is 17.3 Å². The number of aromatic nitrogens is 1. The lowest BCUT2D eigenvalue weighted by molar-refractivity contribution is 0.143. The molecule has 2 bridgehead atoms. The molecule has 4 heterocycles. The molecule has 2 saturated heterocycles. The molecule has 2 aromatic rings. The van der Waals surface area contributed by atoms with Crippen molar-refractivity contribution in [3.8, 4) is 0 Å². The van der Waals surface area contributed by atoms with Gasteiger partial charge in [-0.2, -0.15) is 0 Å². The molecule has 2 amide bonds. The lowest BCUT2D eigenvalue weighted by atomic mass is 9.85. The van der Waals surface area contributed by atoms with Crippen LogP contribution in [0.4, 0.5) is 10.5 Å². The molecule has 134 valence electrons. The van der Waals surface area contributed by atoms with E-state index in [0.717, 1.165) is 50.8 Å². The highest BCUT2D eigenvalue weighted by molar-refractivity contribution is 5.94. The minimum absolute atomic E-state index is 0.234. The van der Waals surface area contributed by atoms with Crippen molar-refractivity contribution in [2.45, 2.75) is 56.5 Å². The molecule has 4 heteroatoms. The SMILES string of the molecule is O=C(N1CCCc2ccccc21)N1[C@H]2CC[C@H]1CC(c1ccncc1)C2. The van der Waals surface area contributed by atoms with Crippen molar-refractivity contribution in [3.05, 3.63) is 59.9 Å². The molecule has 0 aliphatic carbocycles. The summed E-state index contributed by atoms with van der Waals surface area (Å²) in [6.45, 7) is 0.847. The smallest absolute Gasteiger partial charge is 0.318 e. The first-order chi connectivity index (χ1) is 12.8. The van der Waals surface area contributed by atoms with E-state index in [9.17, 15) is 4.79 Å². The number of para-hydroxylation sites is 1. The summed E-state index contributed by atoms with van der Waals surface area (Å²) in [6, 6.07) is 13.7. The molecule has 0 spiro atoms. The van der Waals surface area contributed by atoms with E-state index in [4.69, 9.17) is 0 Å². The number of fused-ring (bicyclic) bond motifs is 3. The fraction of sp³-hybridized carbons (Fsp3) is 0.455. The van der Waals surface area contributed by atoms with Crippen LogP contribution in [0.25, 0.3) is 0 Å². The summed E-state index contributed by atoms with van der Waals surface area (Å²) in [5.74, 6) is 0.563. The number of aryl methyl sites for hydroxylation is 1. The van der Waals surface area contributed by atoms with Gasteiger partial charge in [-0.25, -0.2) is 4.79 Å². The van der Waals surface area contributed by atoms with Crippen LogP contribution in [0.1, 0.15) is 49.1 Å². The van der Waals surface area contributed by atoms with Crippen LogP contribution in [0.2, 0.25) is 0 Å². The zero-order valence-corrected chi connectivity index (χ0v) is 15.1. The van der Waals surface area contributed by atoms with Crippen molar-refractivity contribution >= 4 is 11.7 Å². The van der Waals surface area contributed by atoms with E-state index < -0.39 is 0 Å². The van der Waals surface area contributed by atoms with Gasteiger partial charge < -0.3 is 4.90 Å². The zero-order valence-electron chi connectivity index (χ0n) is 15.1. The summed E-state index contributed by atoms with van der Waals surface area (Å²) >= 11 is 0. The number of carbonyl (C=O) groups excluding carboxylic acids is 1. The highest BCUT2D eigenvalue weighted by Crippen LogP contribution is 2.44. The van der Waals surface area contributed by atoms with Crippen LogP contribution in [0.15, 0.2) is 48.8 Å². The van der Waals surface area contributed by atoms with Gasteiger partial charge in [-0.05, 0) is 73.8 Å².